The molecule has 1 aliphatic rings. The summed E-state index contributed by atoms with van der Waals surface area (Å²) in [5.41, 5.74) is 0.303. The minimum absolute atomic E-state index is 0.303. The number of ether oxygens (including phenoxy) is 2. The molecular formula is C13H17BrO2S. The maximum atomic E-state index is 5.57. The lowest BCUT2D eigenvalue weighted by Gasteiger charge is -2.22. The van der Waals surface area contributed by atoms with Crippen molar-refractivity contribution in [2.45, 2.75) is 18.7 Å². The van der Waals surface area contributed by atoms with Gasteiger partial charge in [-0.3, -0.25) is 0 Å². The van der Waals surface area contributed by atoms with Crippen molar-refractivity contribution in [3.63, 3.8) is 0 Å². The number of hydrogen-bond donors (Lipinski definition) is 0. The number of halogens is 1. The summed E-state index contributed by atoms with van der Waals surface area (Å²) in [6, 6.07) is 6.17. The molecule has 1 aromatic rings. The predicted octanol–water partition coefficient (Wildman–Crippen LogP) is 3.97. The average molecular weight is 317 g/mol. The summed E-state index contributed by atoms with van der Waals surface area (Å²) >= 11 is 5.41. The Kier molecular flexibility index (Phi) is 4.26. The van der Waals surface area contributed by atoms with Crippen LogP contribution in [0.25, 0.3) is 0 Å². The van der Waals surface area contributed by atoms with E-state index < -0.39 is 0 Å². The minimum atomic E-state index is 0.303. The van der Waals surface area contributed by atoms with Gasteiger partial charge in [-0.05, 0) is 23.6 Å². The smallest absolute Gasteiger partial charge is 0.162 e. The van der Waals surface area contributed by atoms with Crippen LogP contribution < -0.4 is 9.47 Å². The van der Waals surface area contributed by atoms with E-state index in [0.29, 0.717) is 18.6 Å². The molecule has 1 aliphatic heterocycles. The molecule has 0 amide bonds. The maximum Gasteiger partial charge on any atom is 0.162 e. The number of rotatable bonds is 4. The van der Waals surface area contributed by atoms with E-state index >= 15 is 0 Å². The third-order valence-corrected chi connectivity index (χ3v) is 5.54. The fraction of sp³-hybridized carbons (Fsp3) is 0.538. The highest BCUT2D eigenvalue weighted by Crippen LogP contribution is 2.36. The first-order valence-corrected chi connectivity index (χ1v) is 7.80. The van der Waals surface area contributed by atoms with Gasteiger partial charge >= 0.3 is 0 Å². The molecule has 0 atom stereocenters. The first-order valence-electron chi connectivity index (χ1n) is 5.69. The monoisotopic (exact) mass is 316 g/mol. The van der Waals surface area contributed by atoms with Crippen molar-refractivity contribution in [2.24, 2.45) is 5.41 Å². The summed E-state index contributed by atoms with van der Waals surface area (Å²) in [5.74, 6) is 2.82. The van der Waals surface area contributed by atoms with Crippen LogP contribution >= 0.6 is 27.7 Å². The van der Waals surface area contributed by atoms with Crippen molar-refractivity contribution in [1.82, 2.24) is 0 Å². The quantitative estimate of drug-likeness (QED) is 0.618. The van der Waals surface area contributed by atoms with Crippen molar-refractivity contribution < 1.29 is 9.47 Å². The molecule has 0 N–H and O–H groups in total. The van der Waals surface area contributed by atoms with Gasteiger partial charge in [-0.2, -0.15) is 0 Å². The van der Waals surface area contributed by atoms with E-state index in [9.17, 15) is 0 Å². The van der Waals surface area contributed by atoms with E-state index in [0.717, 1.165) is 22.6 Å². The Labute approximate surface area is 115 Å². The molecule has 0 saturated carbocycles. The van der Waals surface area contributed by atoms with Gasteiger partial charge in [0.05, 0.1) is 0 Å². The fourth-order valence-corrected chi connectivity index (χ4v) is 2.91. The van der Waals surface area contributed by atoms with Gasteiger partial charge < -0.3 is 9.47 Å². The predicted molar refractivity (Wildman–Crippen MR) is 75.7 cm³/mol. The summed E-state index contributed by atoms with van der Waals surface area (Å²) < 4.78 is 11.1. The number of thioether (sulfide) groups is 1. The van der Waals surface area contributed by atoms with Gasteiger partial charge in [-0.25, -0.2) is 0 Å². The van der Waals surface area contributed by atoms with E-state index in [1.54, 1.807) is 0 Å². The van der Waals surface area contributed by atoms with Crippen molar-refractivity contribution in [1.29, 1.82) is 0 Å². The standard InChI is InChI=1S/C13H17BrO2S/c1-13(2,8-14)9-17-10-3-4-11-12(7-10)16-6-5-15-11/h3-4,7H,5-6,8-9H2,1-2H3. The van der Waals surface area contributed by atoms with Crippen LogP contribution in [0.1, 0.15) is 13.8 Å². The third-order valence-electron chi connectivity index (χ3n) is 2.50. The number of alkyl halides is 1. The third kappa shape index (κ3) is 3.55. The van der Waals surface area contributed by atoms with Crippen LogP contribution in [0.3, 0.4) is 0 Å². The Hall–Kier alpha value is -0.350. The fourth-order valence-electron chi connectivity index (χ4n) is 1.43. The van der Waals surface area contributed by atoms with Crippen LogP contribution in [-0.4, -0.2) is 24.3 Å². The zero-order chi connectivity index (χ0) is 12.3. The number of benzene rings is 1. The lowest BCUT2D eigenvalue weighted by atomic mass is 10.0. The lowest BCUT2D eigenvalue weighted by molar-refractivity contribution is 0.171. The molecule has 0 saturated heterocycles. The van der Waals surface area contributed by atoms with E-state index in [-0.39, 0.29) is 0 Å². The lowest BCUT2D eigenvalue weighted by Crippen LogP contribution is -2.16. The zero-order valence-corrected chi connectivity index (χ0v) is 12.6. The first kappa shape index (κ1) is 13.1. The van der Waals surface area contributed by atoms with Gasteiger partial charge in [0.25, 0.3) is 0 Å². The molecule has 0 radical (unpaired) electrons. The summed E-state index contributed by atoms with van der Waals surface area (Å²) in [6.07, 6.45) is 0. The van der Waals surface area contributed by atoms with E-state index in [2.05, 4.69) is 41.9 Å². The summed E-state index contributed by atoms with van der Waals surface area (Å²) in [6.45, 7) is 5.81. The largest absolute Gasteiger partial charge is 0.486 e. The summed E-state index contributed by atoms with van der Waals surface area (Å²) in [5, 5.41) is 1.01. The van der Waals surface area contributed by atoms with Gasteiger partial charge in [-0.15, -0.1) is 11.8 Å². The van der Waals surface area contributed by atoms with Crippen molar-refractivity contribution in [3.8, 4) is 11.5 Å². The highest BCUT2D eigenvalue weighted by molar-refractivity contribution is 9.09. The Balaban J connectivity index is 2.02. The highest BCUT2D eigenvalue weighted by atomic mass is 79.9. The van der Waals surface area contributed by atoms with Crippen LogP contribution in [-0.2, 0) is 0 Å². The van der Waals surface area contributed by atoms with Crippen molar-refractivity contribution in [3.05, 3.63) is 18.2 Å². The number of fused-ring (bicyclic) bond motifs is 1. The molecular weight excluding hydrogens is 300 g/mol. The molecule has 0 fully saturated rings. The Morgan fingerprint density at radius 1 is 1.24 bits per heavy atom. The summed E-state index contributed by atoms with van der Waals surface area (Å²) in [7, 11) is 0. The SMILES string of the molecule is CC(C)(CBr)CSc1ccc2c(c1)OCCO2. The molecule has 0 aromatic heterocycles. The van der Waals surface area contributed by atoms with Crippen molar-refractivity contribution >= 4 is 27.7 Å². The molecule has 94 valence electrons. The van der Waals surface area contributed by atoms with Gasteiger partial charge in [0.1, 0.15) is 13.2 Å². The molecule has 0 bridgehead atoms. The minimum Gasteiger partial charge on any atom is -0.486 e. The Bertz CT molecular complexity index is 393. The van der Waals surface area contributed by atoms with Crippen LogP contribution in [0.5, 0.6) is 11.5 Å². The van der Waals surface area contributed by atoms with Gasteiger partial charge in [0.2, 0.25) is 0 Å². The van der Waals surface area contributed by atoms with E-state index in [1.165, 1.54) is 4.90 Å². The number of hydrogen-bond acceptors (Lipinski definition) is 3. The summed E-state index contributed by atoms with van der Waals surface area (Å²) in [4.78, 5) is 1.24. The molecule has 1 heterocycles. The van der Waals surface area contributed by atoms with Crippen molar-refractivity contribution in [2.75, 3.05) is 24.3 Å². The molecule has 0 unspecified atom stereocenters. The average Bonchev–Trinajstić information content (AvgIpc) is 2.36. The molecule has 1 aromatic carbocycles. The van der Waals surface area contributed by atoms with Gasteiger partial charge in [-0.1, -0.05) is 29.8 Å². The zero-order valence-electron chi connectivity index (χ0n) is 10.2. The highest BCUT2D eigenvalue weighted by Gasteiger charge is 2.17. The van der Waals surface area contributed by atoms with Crippen LogP contribution in [0.2, 0.25) is 0 Å². The Morgan fingerprint density at radius 2 is 1.94 bits per heavy atom. The second-order valence-electron chi connectivity index (χ2n) is 4.89. The van der Waals surface area contributed by atoms with Crippen LogP contribution in [0.4, 0.5) is 0 Å². The normalized spacial score (nSPS) is 14.8. The van der Waals surface area contributed by atoms with Gasteiger partial charge in [0, 0.05) is 16.0 Å². The maximum absolute atomic E-state index is 5.57. The molecule has 0 aliphatic carbocycles. The second kappa shape index (κ2) is 5.53. The van der Waals surface area contributed by atoms with Gasteiger partial charge in [0.15, 0.2) is 11.5 Å². The molecule has 2 rings (SSSR count). The van der Waals surface area contributed by atoms with E-state index in [1.807, 2.05) is 17.8 Å². The molecule has 0 spiro atoms. The molecule has 4 heteroatoms. The van der Waals surface area contributed by atoms with E-state index in [4.69, 9.17) is 9.47 Å². The topological polar surface area (TPSA) is 18.5 Å². The first-order chi connectivity index (χ1) is 8.11. The molecule has 17 heavy (non-hydrogen) atoms. The second-order valence-corrected chi connectivity index (χ2v) is 6.50. The Morgan fingerprint density at radius 3 is 2.65 bits per heavy atom. The van der Waals surface area contributed by atoms with Crippen LogP contribution in [0, 0.1) is 5.41 Å². The van der Waals surface area contributed by atoms with Crippen LogP contribution in [0.15, 0.2) is 23.1 Å². The molecule has 2 nitrogen and oxygen atoms in total.